The van der Waals surface area contributed by atoms with Crippen LogP contribution >= 0.6 is 0 Å². The van der Waals surface area contributed by atoms with Gasteiger partial charge in [0.2, 0.25) is 0 Å². The maximum atomic E-state index is 9.73. The van der Waals surface area contributed by atoms with Crippen molar-refractivity contribution in [2.45, 2.75) is 13.0 Å². The van der Waals surface area contributed by atoms with Gasteiger partial charge in [0.25, 0.3) is 0 Å². The van der Waals surface area contributed by atoms with Crippen LogP contribution in [0.3, 0.4) is 0 Å². The molecule has 0 radical (unpaired) electrons. The highest BCUT2D eigenvalue weighted by Gasteiger charge is 2.11. The Morgan fingerprint density at radius 2 is 1.79 bits per heavy atom. The molecule has 124 valence electrons. The van der Waals surface area contributed by atoms with E-state index in [-0.39, 0.29) is 0 Å². The molecule has 0 aliphatic rings. The monoisotopic (exact) mass is 325 g/mol. The number of hydrogen-bond acceptors (Lipinski definition) is 6. The first kappa shape index (κ1) is 16.0. The van der Waals surface area contributed by atoms with Crippen molar-refractivity contribution in [2.24, 2.45) is 0 Å². The van der Waals surface area contributed by atoms with Crippen molar-refractivity contribution < 1.29 is 14.6 Å². The zero-order valence-electron chi connectivity index (χ0n) is 13.8. The molecule has 3 aromatic rings. The van der Waals surface area contributed by atoms with Crippen LogP contribution in [-0.2, 0) is 0 Å². The Morgan fingerprint density at radius 1 is 1.04 bits per heavy atom. The third kappa shape index (κ3) is 3.09. The van der Waals surface area contributed by atoms with E-state index in [1.807, 2.05) is 36.4 Å². The molecule has 0 aliphatic carbocycles. The molecule has 1 heterocycles. The van der Waals surface area contributed by atoms with Gasteiger partial charge in [-0.15, -0.1) is 0 Å². The van der Waals surface area contributed by atoms with E-state index in [2.05, 4.69) is 15.3 Å². The van der Waals surface area contributed by atoms with Crippen LogP contribution in [0.25, 0.3) is 10.9 Å². The third-order valence-electron chi connectivity index (χ3n) is 3.77. The molecule has 6 nitrogen and oxygen atoms in total. The van der Waals surface area contributed by atoms with E-state index >= 15 is 0 Å². The molecular formula is C18H19N3O3. The molecular weight excluding hydrogens is 306 g/mol. The van der Waals surface area contributed by atoms with Crippen LogP contribution in [0.4, 0.5) is 11.5 Å². The quantitative estimate of drug-likeness (QED) is 0.748. The number of fused-ring (bicyclic) bond motifs is 1. The summed E-state index contributed by atoms with van der Waals surface area (Å²) in [5.74, 6) is 1.88. The van der Waals surface area contributed by atoms with Crippen molar-refractivity contribution in [1.29, 1.82) is 0 Å². The van der Waals surface area contributed by atoms with Crippen molar-refractivity contribution in [2.75, 3.05) is 19.5 Å². The lowest BCUT2D eigenvalue weighted by Crippen LogP contribution is -1.99. The molecule has 0 saturated carbocycles. The second-order valence-corrected chi connectivity index (χ2v) is 5.37. The molecule has 3 rings (SSSR count). The predicted octanol–water partition coefficient (Wildman–Crippen LogP) is 3.44. The third-order valence-corrected chi connectivity index (χ3v) is 3.77. The van der Waals surface area contributed by atoms with Gasteiger partial charge >= 0.3 is 0 Å². The largest absolute Gasteiger partial charge is 0.493 e. The zero-order chi connectivity index (χ0) is 17.1. The summed E-state index contributed by atoms with van der Waals surface area (Å²) in [5.41, 5.74) is 2.41. The van der Waals surface area contributed by atoms with Gasteiger partial charge in [-0.1, -0.05) is 12.1 Å². The molecule has 0 bridgehead atoms. The fraction of sp³-hybridized carbons (Fsp3) is 0.222. The first-order chi connectivity index (χ1) is 11.6. The molecule has 2 N–H and O–H groups in total. The summed E-state index contributed by atoms with van der Waals surface area (Å²) < 4.78 is 10.7. The molecule has 24 heavy (non-hydrogen) atoms. The van der Waals surface area contributed by atoms with Gasteiger partial charge in [-0.25, -0.2) is 9.97 Å². The van der Waals surface area contributed by atoms with Crippen LogP contribution in [0, 0.1) is 0 Å². The lowest BCUT2D eigenvalue weighted by molar-refractivity contribution is 0.199. The zero-order valence-corrected chi connectivity index (χ0v) is 13.8. The van der Waals surface area contributed by atoms with Gasteiger partial charge in [-0.3, -0.25) is 0 Å². The predicted molar refractivity (Wildman–Crippen MR) is 93.0 cm³/mol. The Morgan fingerprint density at radius 3 is 2.50 bits per heavy atom. The molecule has 0 amide bonds. The number of rotatable bonds is 5. The van der Waals surface area contributed by atoms with Crippen LogP contribution in [0.2, 0.25) is 0 Å². The molecule has 0 saturated heterocycles. The minimum Gasteiger partial charge on any atom is -0.493 e. The Kier molecular flexibility index (Phi) is 4.48. The highest BCUT2D eigenvalue weighted by atomic mass is 16.5. The molecule has 0 spiro atoms. The van der Waals surface area contributed by atoms with Crippen molar-refractivity contribution in [1.82, 2.24) is 9.97 Å². The fourth-order valence-electron chi connectivity index (χ4n) is 2.50. The van der Waals surface area contributed by atoms with Crippen LogP contribution in [0.1, 0.15) is 18.6 Å². The maximum Gasteiger partial charge on any atom is 0.162 e. The molecule has 6 heteroatoms. The molecule has 2 aromatic carbocycles. The molecule has 0 aliphatic heterocycles. The summed E-state index contributed by atoms with van der Waals surface area (Å²) in [6.45, 7) is 1.73. The fourth-order valence-corrected chi connectivity index (χ4v) is 2.50. The van der Waals surface area contributed by atoms with Gasteiger partial charge in [-0.05, 0) is 30.7 Å². The Hall–Kier alpha value is -2.86. The van der Waals surface area contributed by atoms with Gasteiger partial charge in [0.05, 0.1) is 25.8 Å². The average molecular weight is 325 g/mol. The molecule has 1 unspecified atom stereocenters. The van der Waals surface area contributed by atoms with Crippen LogP contribution in [-0.4, -0.2) is 29.3 Å². The van der Waals surface area contributed by atoms with E-state index in [0.29, 0.717) is 17.3 Å². The number of aromatic nitrogens is 2. The Balaban J connectivity index is 2.05. The van der Waals surface area contributed by atoms with Gasteiger partial charge in [0.1, 0.15) is 12.1 Å². The second kappa shape index (κ2) is 6.72. The van der Waals surface area contributed by atoms with Gasteiger partial charge < -0.3 is 19.9 Å². The van der Waals surface area contributed by atoms with Gasteiger partial charge in [0.15, 0.2) is 11.5 Å². The molecule has 1 atom stereocenters. The smallest absolute Gasteiger partial charge is 0.162 e. The highest BCUT2D eigenvalue weighted by molar-refractivity contribution is 5.93. The summed E-state index contributed by atoms with van der Waals surface area (Å²) in [5, 5.41) is 13.8. The normalized spacial score (nSPS) is 12.0. The van der Waals surface area contributed by atoms with Crippen molar-refractivity contribution in [3.05, 3.63) is 48.3 Å². The number of methoxy groups -OCH3 is 2. The standard InChI is InChI=1S/C18H19N3O3/c1-11(22)12-5-4-6-13(7-12)21-18-14-8-16(23-2)17(24-3)9-15(14)19-10-20-18/h4-11,22H,1-3H3,(H,19,20,21). The molecule has 0 fully saturated rings. The van der Waals surface area contributed by atoms with Gasteiger partial charge in [0, 0.05) is 17.1 Å². The highest BCUT2D eigenvalue weighted by Crippen LogP contribution is 2.34. The molecule has 1 aromatic heterocycles. The SMILES string of the molecule is COc1cc2ncnc(Nc3cccc(C(C)O)c3)c2cc1OC. The van der Waals surface area contributed by atoms with Crippen LogP contribution in [0.5, 0.6) is 11.5 Å². The van der Waals surface area contributed by atoms with E-state index in [1.54, 1.807) is 21.1 Å². The summed E-state index contributed by atoms with van der Waals surface area (Å²) >= 11 is 0. The average Bonchev–Trinajstić information content (AvgIpc) is 2.61. The summed E-state index contributed by atoms with van der Waals surface area (Å²) in [6.07, 6.45) is 0.966. The minimum absolute atomic E-state index is 0.529. The van der Waals surface area contributed by atoms with Crippen molar-refractivity contribution in [3.63, 3.8) is 0 Å². The number of aliphatic hydroxyl groups is 1. The van der Waals surface area contributed by atoms with Crippen molar-refractivity contribution in [3.8, 4) is 11.5 Å². The Bertz CT molecular complexity index is 865. The maximum absolute atomic E-state index is 9.73. The topological polar surface area (TPSA) is 76.5 Å². The van der Waals surface area contributed by atoms with E-state index in [0.717, 1.165) is 22.2 Å². The first-order valence-electron chi connectivity index (χ1n) is 7.54. The van der Waals surface area contributed by atoms with Gasteiger partial charge in [-0.2, -0.15) is 0 Å². The number of hydrogen-bond donors (Lipinski definition) is 2. The number of aliphatic hydroxyl groups excluding tert-OH is 1. The summed E-state index contributed by atoms with van der Waals surface area (Å²) in [6, 6.07) is 11.2. The Labute approximate surface area is 140 Å². The van der Waals surface area contributed by atoms with E-state index in [1.165, 1.54) is 6.33 Å². The first-order valence-corrected chi connectivity index (χ1v) is 7.54. The summed E-state index contributed by atoms with van der Waals surface area (Å²) in [7, 11) is 3.18. The summed E-state index contributed by atoms with van der Waals surface area (Å²) in [4.78, 5) is 8.61. The lowest BCUT2D eigenvalue weighted by atomic mass is 10.1. The number of benzene rings is 2. The number of nitrogens with zero attached hydrogens (tertiary/aromatic N) is 2. The van der Waals surface area contributed by atoms with Crippen molar-refractivity contribution >= 4 is 22.4 Å². The van der Waals surface area contributed by atoms with E-state index < -0.39 is 6.10 Å². The number of nitrogens with one attached hydrogen (secondary N) is 1. The van der Waals surface area contributed by atoms with Crippen LogP contribution < -0.4 is 14.8 Å². The number of ether oxygens (including phenoxy) is 2. The minimum atomic E-state index is -0.529. The van der Waals surface area contributed by atoms with E-state index in [4.69, 9.17) is 9.47 Å². The second-order valence-electron chi connectivity index (χ2n) is 5.37. The number of anilines is 2. The van der Waals surface area contributed by atoms with Crippen LogP contribution in [0.15, 0.2) is 42.7 Å². The lowest BCUT2D eigenvalue weighted by Gasteiger charge is -2.13. The van der Waals surface area contributed by atoms with E-state index in [9.17, 15) is 5.11 Å².